The minimum atomic E-state index is -0.300. The molecule has 1 fully saturated rings. The number of hydrogen-bond donors (Lipinski definition) is 0. The fourth-order valence-electron chi connectivity index (χ4n) is 2.98. The van der Waals surface area contributed by atoms with Crippen molar-refractivity contribution in [3.05, 3.63) is 57.5 Å². The van der Waals surface area contributed by atoms with Crippen molar-refractivity contribution in [2.24, 2.45) is 0 Å². The topological polar surface area (TPSA) is 65.2 Å². The minimum absolute atomic E-state index is 0.199. The third-order valence-corrected chi connectivity index (χ3v) is 4.58. The molecule has 0 unspecified atom stereocenters. The maximum Gasteiger partial charge on any atom is 0.286 e. The number of benzene rings is 1. The SMILES string of the molecule is Cc1nn(CN2CCN(c3ccccc3)CC2)c(=O)c(C#N)c1C. The average Bonchev–Trinajstić information content (AvgIpc) is 2.61. The van der Waals surface area contributed by atoms with E-state index >= 15 is 0 Å². The Balaban J connectivity index is 1.70. The number of rotatable bonds is 3. The molecule has 2 aromatic rings. The zero-order valence-corrected chi connectivity index (χ0v) is 14.1. The molecule has 0 radical (unpaired) electrons. The highest BCUT2D eigenvalue weighted by Crippen LogP contribution is 2.15. The van der Waals surface area contributed by atoms with Crippen molar-refractivity contribution in [1.82, 2.24) is 14.7 Å². The van der Waals surface area contributed by atoms with Crippen molar-refractivity contribution in [2.75, 3.05) is 31.1 Å². The number of nitrogens with zero attached hydrogens (tertiary/aromatic N) is 5. The molecule has 6 heteroatoms. The molecule has 0 bridgehead atoms. The molecular weight excluding hydrogens is 302 g/mol. The van der Waals surface area contributed by atoms with Gasteiger partial charge in [0.05, 0.1) is 12.4 Å². The molecule has 0 amide bonds. The van der Waals surface area contributed by atoms with Gasteiger partial charge in [-0.05, 0) is 31.5 Å². The second-order valence-electron chi connectivity index (χ2n) is 6.08. The molecule has 2 heterocycles. The second-order valence-corrected chi connectivity index (χ2v) is 6.08. The lowest BCUT2D eigenvalue weighted by atomic mass is 10.1. The van der Waals surface area contributed by atoms with E-state index in [1.807, 2.05) is 31.2 Å². The highest BCUT2D eigenvalue weighted by molar-refractivity contribution is 5.46. The van der Waals surface area contributed by atoms with Crippen LogP contribution in [0, 0.1) is 25.2 Å². The van der Waals surface area contributed by atoms with Crippen LogP contribution in [0.15, 0.2) is 35.1 Å². The normalized spacial score (nSPS) is 15.3. The highest BCUT2D eigenvalue weighted by atomic mass is 16.1. The summed E-state index contributed by atoms with van der Waals surface area (Å²) >= 11 is 0. The van der Waals surface area contributed by atoms with E-state index in [9.17, 15) is 10.1 Å². The molecule has 3 rings (SSSR count). The molecule has 6 nitrogen and oxygen atoms in total. The number of nitriles is 1. The van der Waals surface area contributed by atoms with Crippen molar-refractivity contribution in [2.45, 2.75) is 20.5 Å². The molecule has 1 saturated heterocycles. The van der Waals surface area contributed by atoms with Crippen LogP contribution in [0.3, 0.4) is 0 Å². The van der Waals surface area contributed by atoms with Gasteiger partial charge in [-0.1, -0.05) is 18.2 Å². The summed E-state index contributed by atoms with van der Waals surface area (Å²) < 4.78 is 1.42. The van der Waals surface area contributed by atoms with Crippen molar-refractivity contribution < 1.29 is 0 Å². The summed E-state index contributed by atoms with van der Waals surface area (Å²) in [7, 11) is 0. The van der Waals surface area contributed by atoms with Crippen LogP contribution in [-0.4, -0.2) is 40.9 Å². The fourth-order valence-corrected chi connectivity index (χ4v) is 2.98. The molecule has 1 aliphatic rings. The summed E-state index contributed by atoms with van der Waals surface area (Å²) in [6.07, 6.45) is 0. The number of piperazine rings is 1. The molecule has 0 spiro atoms. The van der Waals surface area contributed by atoms with Crippen LogP contribution in [0.2, 0.25) is 0 Å². The van der Waals surface area contributed by atoms with Gasteiger partial charge >= 0.3 is 0 Å². The first-order chi connectivity index (χ1) is 11.6. The number of hydrogen-bond acceptors (Lipinski definition) is 5. The van der Waals surface area contributed by atoms with E-state index in [-0.39, 0.29) is 11.1 Å². The number of aromatic nitrogens is 2. The first-order valence-electron chi connectivity index (χ1n) is 8.11. The van der Waals surface area contributed by atoms with Gasteiger partial charge in [-0.25, -0.2) is 4.68 Å². The molecule has 24 heavy (non-hydrogen) atoms. The van der Waals surface area contributed by atoms with E-state index in [2.05, 4.69) is 27.0 Å². The largest absolute Gasteiger partial charge is 0.369 e. The Labute approximate surface area is 141 Å². The molecule has 0 aliphatic carbocycles. The second kappa shape index (κ2) is 6.85. The van der Waals surface area contributed by atoms with Gasteiger partial charge in [0.1, 0.15) is 11.6 Å². The first kappa shape index (κ1) is 16.2. The van der Waals surface area contributed by atoms with Crippen LogP contribution in [0.4, 0.5) is 5.69 Å². The van der Waals surface area contributed by atoms with Gasteiger partial charge in [0.15, 0.2) is 0 Å². The summed E-state index contributed by atoms with van der Waals surface area (Å²) in [6.45, 7) is 7.57. The molecule has 0 N–H and O–H groups in total. The van der Waals surface area contributed by atoms with Crippen molar-refractivity contribution in [3.63, 3.8) is 0 Å². The molecular formula is C18H21N5O. The van der Waals surface area contributed by atoms with E-state index in [4.69, 9.17) is 0 Å². The molecule has 1 aliphatic heterocycles. The van der Waals surface area contributed by atoms with Crippen molar-refractivity contribution in [3.8, 4) is 6.07 Å². The van der Waals surface area contributed by atoms with E-state index in [1.54, 1.807) is 6.92 Å². The van der Waals surface area contributed by atoms with Crippen LogP contribution < -0.4 is 10.5 Å². The van der Waals surface area contributed by atoms with Gasteiger partial charge in [0.25, 0.3) is 5.56 Å². The Morgan fingerprint density at radius 2 is 1.79 bits per heavy atom. The zero-order valence-electron chi connectivity index (χ0n) is 14.1. The van der Waals surface area contributed by atoms with Gasteiger partial charge < -0.3 is 4.90 Å². The predicted molar refractivity (Wildman–Crippen MR) is 92.9 cm³/mol. The third kappa shape index (κ3) is 3.17. The van der Waals surface area contributed by atoms with E-state index in [0.717, 1.165) is 31.9 Å². The van der Waals surface area contributed by atoms with Crippen molar-refractivity contribution in [1.29, 1.82) is 5.26 Å². The molecule has 0 atom stereocenters. The summed E-state index contributed by atoms with van der Waals surface area (Å²) in [4.78, 5) is 16.9. The van der Waals surface area contributed by atoms with E-state index in [0.29, 0.717) is 12.2 Å². The fraction of sp³-hybridized carbons (Fsp3) is 0.389. The van der Waals surface area contributed by atoms with E-state index < -0.39 is 0 Å². The maximum absolute atomic E-state index is 12.4. The average molecular weight is 323 g/mol. The Morgan fingerprint density at radius 3 is 2.42 bits per heavy atom. The van der Waals surface area contributed by atoms with Gasteiger partial charge in [-0.2, -0.15) is 10.4 Å². The lowest BCUT2D eigenvalue weighted by Crippen LogP contribution is -2.48. The number of aryl methyl sites for hydroxylation is 1. The molecule has 1 aromatic heterocycles. The monoisotopic (exact) mass is 323 g/mol. The molecule has 1 aromatic carbocycles. The summed E-state index contributed by atoms with van der Waals surface area (Å²) in [5, 5.41) is 13.6. The number of para-hydroxylation sites is 1. The highest BCUT2D eigenvalue weighted by Gasteiger charge is 2.19. The van der Waals surface area contributed by atoms with Crippen LogP contribution in [0.5, 0.6) is 0 Å². The van der Waals surface area contributed by atoms with Crippen LogP contribution >= 0.6 is 0 Å². The van der Waals surface area contributed by atoms with Crippen LogP contribution in [0.25, 0.3) is 0 Å². The zero-order chi connectivity index (χ0) is 17.1. The third-order valence-electron chi connectivity index (χ3n) is 4.58. The lowest BCUT2D eigenvalue weighted by molar-refractivity contribution is 0.190. The number of anilines is 1. The quantitative estimate of drug-likeness (QED) is 0.857. The summed E-state index contributed by atoms with van der Waals surface area (Å²) in [5.41, 5.74) is 2.53. The standard InChI is InChI=1S/C18H21N5O/c1-14-15(2)20-23(18(24)17(14)12-19)13-21-8-10-22(11-9-21)16-6-4-3-5-7-16/h3-7H,8-11,13H2,1-2H3. The summed E-state index contributed by atoms with van der Waals surface area (Å²) in [6, 6.07) is 12.3. The van der Waals surface area contributed by atoms with Gasteiger partial charge in [-0.3, -0.25) is 9.69 Å². The van der Waals surface area contributed by atoms with Crippen LogP contribution in [-0.2, 0) is 6.67 Å². The van der Waals surface area contributed by atoms with Gasteiger partial charge in [0.2, 0.25) is 0 Å². The Kier molecular flexibility index (Phi) is 4.63. The van der Waals surface area contributed by atoms with Crippen molar-refractivity contribution >= 4 is 5.69 Å². The smallest absolute Gasteiger partial charge is 0.286 e. The van der Waals surface area contributed by atoms with Gasteiger partial charge in [0, 0.05) is 31.9 Å². The van der Waals surface area contributed by atoms with Crippen LogP contribution in [0.1, 0.15) is 16.8 Å². The first-order valence-corrected chi connectivity index (χ1v) is 8.11. The van der Waals surface area contributed by atoms with Gasteiger partial charge in [-0.15, -0.1) is 0 Å². The summed E-state index contributed by atoms with van der Waals surface area (Å²) in [5.74, 6) is 0. The lowest BCUT2D eigenvalue weighted by Gasteiger charge is -2.36. The predicted octanol–water partition coefficient (Wildman–Crippen LogP) is 1.51. The Bertz CT molecular complexity index is 814. The maximum atomic E-state index is 12.4. The molecule has 0 saturated carbocycles. The van der Waals surface area contributed by atoms with E-state index in [1.165, 1.54) is 10.4 Å². The minimum Gasteiger partial charge on any atom is -0.369 e. The Morgan fingerprint density at radius 1 is 1.12 bits per heavy atom. The Hall–Kier alpha value is -2.65. The molecule has 124 valence electrons.